The van der Waals surface area contributed by atoms with E-state index < -0.39 is 17.9 Å². The van der Waals surface area contributed by atoms with E-state index in [2.05, 4.69) is 0 Å². The van der Waals surface area contributed by atoms with Gasteiger partial charge in [0, 0.05) is 18.9 Å². The van der Waals surface area contributed by atoms with Crippen LogP contribution in [-0.4, -0.2) is 59.5 Å². The van der Waals surface area contributed by atoms with Crippen molar-refractivity contribution in [2.45, 2.75) is 12.5 Å². The van der Waals surface area contributed by atoms with Crippen LogP contribution in [0.3, 0.4) is 0 Å². The summed E-state index contributed by atoms with van der Waals surface area (Å²) in [5, 5.41) is 0. The Kier molecular flexibility index (Phi) is 8.25. The lowest BCUT2D eigenvalue weighted by Gasteiger charge is -2.30. The third-order valence-corrected chi connectivity index (χ3v) is 5.63. The maximum Gasteiger partial charge on any atom is 0.336 e. The normalized spacial score (nSPS) is 13.4. The van der Waals surface area contributed by atoms with Crippen molar-refractivity contribution in [3.63, 3.8) is 0 Å². The zero-order chi connectivity index (χ0) is 25.5. The molecule has 186 valence electrons. The molecule has 1 heterocycles. The van der Waals surface area contributed by atoms with Crippen molar-refractivity contribution in [2.24, 2.45) is 0 Å². The minimum absolute atomic E-state index is 0.267. The molecule has 1 aliphatic rings. The molecule has 1 aliphatic heterocycles. The summed E-state index contributed by atoms with van der Waals surface area (Å²) < 4.78 is 31.6. The first-order chi connectivity index (χ1) is 16.9. The van der Waals surface area contributed by atoms with E-state index in [1.165, 1.54) is 28.4 Å². The first-order valence-electron chi connectivity index (χ1n) is 10.7. The van der Waals surface area contributed by atoms with Crippen molar-refractivity contribution >= 4 is 11.9 Å². The van der Waals surface area contributed by atoms with E-state index >= 15 is 0 Å². The Bertz CT molecular complexity index is 1120. The Labute approximate surface area is 204 Å². The maximum absolute atomic E-state index is 12.9. The average molecular weight is 484 g/mol. The van der Waals surface area contributed by atoms with Crippen LogP contribution in [0.25, 0.3) is 0 Å². The van der Waals surface area contributed by atoms with Crippen LogP contribution in [0.2, 0.25) is 0 Å². The highest BCUT2D eigenvalue weighted by Crippen LogP contribution is 2.41. The highest BCUT2D eigenvalue weighted by molar-refractivity contribution is 5.98. The molecule has 0 saturated carbocycles. The number of ether oxygens (including phenoxy) is 6. The van der Waals surface area contributed by atoms with Crippen LogP contribution in [0.4, 0.5) is 0 Å². The molecule has 9 heteroatoms. The molecule has 0 atom stereocenters. The van der Waals surface area contributed by atoms with Gasteiger partial charge in [0.2, 0.25) is 0 Å². The van der Waals surface area contributed by atoms with Crippen LogP contribution in [-0.2, 0) is 25.6 Å². The molecule has 0 amide bonds. The molecule has 0 fully saturated rings. The van der Waals surface area contributed by atoms with E-state index in [4.69, 9.17) is 28.4 Å². The quantitative estimate of drug-likeness (QED) is 0.497. The summed E-state index contributed by atoms with van der Waals surface area (Å²) in [5.41, 5.74) is 2.04. The predicted octanol–water partition coefficient (Wildman–Crippen LogP) is 3.43. The smallest absolute Gasteiger partial charge is 0.336 e. The minimum atomic E-state index is -0.739. The number of hydrogen-bond donors (Lipinski definition) is 0. The zero-order valence-electron chi connectivity index (χ0n) is 20.6. The fourth-order valence-electron chi connectivity index (χ4n) is 3.96. The molecule has 0 spiro atoms. The molecule has 2 aromatic carbocycles. The standard InChI is InChI=1S/C26H29NO8/c1-30-20-9-7-16(11-22(20)32-3)13-27-14-18(25(28)34-5)24(19(15-27)26(29)35-6)17-8-10-21(31-2)23(12-17)33-4/h7-12,14-15,24H,13H2,1-6H3. The summed E-state index contributed by atoms with van der Waals surface area (Å²) >= 11 is 0. The van der Waals surface area contributed by atoms with Crippen LogP contribution in [0, 0.1) is 0 Å². The molecule has 3 rings (SSSR count). The van der Waals surface area contributed by atoms with Gasteiger partial charge in [-0.3, -0.25) is 0 Å². The lowest BCUT2D eigenvalue weighted by molar-refractivity contribution is -0.137. The number of esters is 2. The first-order valence-corrected chi connectivity index (χ1v) is 10.7. The van der Waals surface area contributed by atoms with Crippen molar-refractivity contribution in [3.05, 3.63) is 71.1 Å². The van der Waals surface area contributed by atoms with Crippen molar-refractivity contribution in [2.75, 3.05) is 42.7 Å². The van der Waals surface area contributed by atoms with Gasteiger partial charge < -0.3 is 33.3 Å². The molecule has 0 aliphatic carbocycles. The second kappa shape index (κ2) is 11.3. The van der Waals surface area contributed by atoms with E-state index in [9.17, 15) is 9.59 Å². The summed E-state index contributed by atoms with van der Waals surface area (Å²) in [6.07, 6.45) is 3.33. The molecule has 0 N–H and O–H groups in total. The summed E-state index contributed by atoms with van der Waals surface area (Å²) in [5.74, 6) is 0.268. The Morgan fingerprint density at radius 3 is 1.66 bits per heavy atom. The van der Waals surface area contributed by atoms with E-state index in [1.54, 1.807) is 55.8 Å². The fraction of sp³-hybridized carbons (Fsp3) is 0.308. The molecule has 0 radical (unpaired) electrons. The van der Waals surface area contributed by atoms with Gasteiger partial charge in [0.05, 0.1) is 59.7 Å². The van der Waals surface area contributed by atoms with E-state index in [-0.39, 0.29) is 11.1 Å². The third-order valence-electron chi connectivity index (χ3n) is 5.63. The van der Waals surface area contributed by atoms with Crippen molar-refractivity contribution in [1.29, 1.82) is 0 Å². The van der Waals surface area contributed by atoms with Crippen molar-refractivity contribution < 1.29 is 38.0 Å². The van der Waals surface area contributed by atoms with Crippen LogP contribution >= 0.6 is 0 Å². The van der Waals surface area contributed by atoms with Gasteiger partial charge in [0.15, 0.2) is 23.0 Å². The Hall–Kier alpha value is -4.14. The summed E-state index contributed by atoms with van der Waals surface area (Å²) in [4.78, 5) is 27.5. The Morgan fingerprint density at radius 1 is 0.686 bits per heavy atom. The average Bonchev–Trinajstić information content (AvgIpc) is 2.90. The van der Waals surface area contributed by atoms with E-state index in [0.29, 0.717) is 35.1 Å². The van der Waals surface area contributed by atoms with E-state index in [0.717, 1.165) is 5.56 Å². The topological polar surface area (TPSA) is 92.8 Å². The van der Waals surface area contributed by atoms with Gasteiger partial charge in [-0.1, -0.05) is 12.1 Å². The number of benzene rings is 2. The number of carbonyl (C=O) groups is 2. The molecule has 35 heavy (non-hydrogen) atoms. The van der Waals surface area contributed by atoms with Crippen LogP contribution in [0.5, 0.6) is 23.0 Å². The molecule has 0 aromatic heterocycles. The van der Waals surface area contributed by atoms with Crippen LogP contribution in [0.1, 0.15) is 17.0 Å². The lowest BCUT2D eigenvalue weighted by atomic mass is 9.83. The molecule has 0 unspecified atom stereocenters. The van der Waals surface area contributed by atoms with Crippen molar-refractivity contribution in [3.8, 4) is 23.0 Å². The summed E-state index contributed by atoms with van der Waals surface area (Å²) in [7, 11) is 8.76. The third kappa shape index (κ3) is 5.34. The van der Waals surface area contributed by atoms with Crippen LogP contribution in [0.15, 0.2) is 59.9 Å². The monoisotopic (exact) mass is 483 g/mol. The Balaban J connectivity index is 2.09. The predicted molar refractivity (Wildman–Crippen MR) is 128 cm³/mol. The molecule has 0 bridgehead atoms. The SMILES string of the molecule is COC(=O)C1=CN(Cc2ccc(OC)c(OC)c2)C=C(C(=O)OC)C1c1ccc(OC)c(OC)c1. The molecule has 0 saturated heterocycles. The molecular formula is C26H29NO8. The Morgan fingerprint density at radius 2 is 1.17 bits per heavy atom. The highest BCUT2D eigenvalue weighted by Gasteiger charge is 2.35. The van der Waals surface area contributed by atoms with Gasteiger partial charge in [-0.05, 0) is 35.4 Å². The lowest BCUT2D eigenvalue weighted by Crippen LogP contribution is -2.28. The van der Waals surface area contributed by atoms with Gasteiger partial charge in [-0.2, -0.15) is 0 Å². The van der Waals surface area contributed by atoms with Gasteiger partial charge in [0.1, 0.15) is 0 Å². The van der Waals surface area contributed by atoms with Crippen LogP contribution < -0.4 is 18.9 Å². The van der Waals surface area contributed by atoms with Gasteiger partial charge in [-0.15, -0.1) is 0 Å². The largest absolute Gasteiger partial charge is 0.493 e. The number of rotatable bonds is 9. The fourth-order valence-corrected chi connectivity index (χ4v) is 3.96. The highest BCUT2D eigenvalue weighted by atomic mass is 16.5. The maximum atomic E-state index is 12.9. The van der Waals surface area contributed by atoms with Gasteiger partial charge in [0.25, 0.3) is 0 Å². The van der Waals surface area contributed by atoms with E-state index in [1.807, 2.05) is 12.1 Å². The second-order valence-electron chi connectivity index (χ2n) is 7.56. The molecular weight excluding hydrogens is 454 g/mol. The molecule has 2 aromatic rings. The number of methoxy groups -OCH3 is 6. The summed E-state index contributed by atoms with van der Waals surface area (Å²) in [6, 6.07) is 10.7. The van der Waals surface area contributed by atoms with Crippen molar-refractivity contribution in [1.82, 2.24) is 4.90 Å². The van der Waals surface area contributed by atoms with Gasteiger partial charge >= 0.3 is 11.9 Å². The molecule has 9 nitrogen and oxygen atoms in total. The number of hydrogen-bond acceptors (Lipinski definition) is 9. The zero-order valence-corrected chi connectivity index (χ0v) is 20.6. The second-order valence-corrected chi connectivity index (χ2v) is 7.56. The first kappa shape index (κ1) is 25.5. The summed E-state index contributed by atoms with van der Waals surface area (Å²) in [6.45, 7) is 0.347. The number of nitrogens with zero attached hydrogens (tertiary/aromatic N) is 1. The minimum Gasteiger partial charge on any atom is -0.493 e. The van der Waals surface area contributed by atoms with Gasteiger partial charge in [-0.25, -0.2) is 9.59 Å². The number of carbonyl (C=O) groups excluding carboxylic acids is 2.